The van der Waals surface area contributed by atoms with Crippen LogP contribution in [0.2, 0.25) is 0 Å². The average molecular weight is 194 g/mol. The van der Waals surface area contributed by atoms with E-state index in [1.54, 1.807) is 43.4 Å². The molecule has 1 amide bonds. The molecular weight excluding hydrogens is 180 g/mol. The number of carbonyl (C=O) groups is 1. The van der Waals surface area contributed by atoms with Gasteiger partial charge in [-0.1, -0.05) is 0 Å². The molecule has 5 nitrogen and oxygen atoms in total. The van der Waals surface area contributed by atoms with Gasteiger partial charge < -0.3 is 5.43 Å². The van der Waals surface area contributed by atoms with Crippen molar-refractivity contribution in [2.24, 2.45) is 5.84 Å². The van der Waals surface area contributed by atoms with Crippen molar-refractivity contribution in [1.29, 1.82) is 0 Å². The molecule has 0 heterocycles. The van der Waals surface area contributed by atoms with Crippen LogP contribution >= 0.6 is 0 Å². The third-order valence-corrected chi connectivity index (χ3v) is 1.64. The highest BCUT2D eigenvalue weighted by Crippen LogP contribution is 2.07. The zero-order valence-electron chi connectivity index (χ0n) is 8.24. The Hall–Kier alpha value is -1.59. The summed E-state index contributed by atoms with van der Waals surface area (Å²) in [5.74, 6) is 5.06. The molecule has 1 aromatic rings. The first kappa shape index (κ1) is 10.5. The largest absolute Gasteiger partial charge is 0.324 e. The summed E-state index contributed by atoms with van der Waals surface area (Å²) in [7, 11) is 3.52. The molecule has 0 aliphatic heterocycles. The van der Waals surface area contributed by atoms with Crippen LogP contribution in [0.4, 0.5) is 5.69 Å². The molecule has 0 fully saturated rings. The van der Waals surface area contributed by atoms with E-state index in [0.717, 1.165) is 5.69 Å². The topological polar surface area (TPSA) is 70.4 Å². The van der Waals surface area contributed by atoms with Crippen LogP contribution in [0.3, 0.4) is 0 Å². The lowest BCUT2D eigenvalue weighted by molar-refractivity contribution is 0.0857. The van der Waals surface area contributed by atoms with Crippen LogP contribution in [0.15, 0.2) is 24.3 Å². The number of hydrogen-bond donors (Lipinski definition) is 3. The van der Waals surface area contributed by atoms with Crippen LogP contribution < -0.4 is 16.7 Å². The summed E-state index contributed by atoms with van der Waals surface area (Å²) in [6.45, 7) is 0. The summed E-state index contributed by atoms with van der Waals surface area (Å²) < 4.78 is 0. The summed E-state index contributed by atoms with van der Waals surface area (Å²) in [5, 5.41) is 1.59. The van der Waals surface area contributed by atoms with Crippen molar-refractivity contribution in [2.45, 2.75) is 0 Å². The first-order chi connectivity index (χ1) is 6.63. The van der Waals surface area contributed by atoms with Crippen molar-refractivity contribution >= 4 is 11.6 Å². The van der Waals surface area contributed by atoms with Crippen molar-refractivity contribution in [2.75, 3.05) is 19.5 Å². The van der Waals surface area contributed by atoms with Gasteiger partial charge in [0.1, 0.15) is 0 Å². The van der Waals surface area contributed by atoms with Gasteiger partial charge in [0, 0.05) is 25.3 Å². The van der Waals surface area contributed by atoms with E-state index in [-0.39, 0.29) is 5.91 Å². The summed E-state index contributed by atoms with van der Waals surface area (Å²) in [4.78, 5) is 11.5. The van der Waals surface area contributed by atoms with E-state index in [0.29, 0.717) is 5.56 Å². The fourth-order valence-corrected chi connectivity index (χ4v) is 0.985. The number of hydrogen-bond acceptors (Lipinski definition) is 4. The monoisotopic (exact) mass is 194 g/mol. The second-order valence-electron chi connectivity index (χ2n) is 3.06. The maximum absolute atomic E-state index is 11.5. The number of anilines is 1. The number of benzene rings is 1. The minimum Gasteiger partial charge on any atom is -0.324 e. The highest BCUT2D eigenvalue weighted by molar-refractivity contribution is 5.94. The molecule has 1 rings (SSSR count). The van der Waals surface area contributed by atoms with Crippen LogP contribution in [0.1, 0.15) is 10.4 Å². The molecule has 14 heavy (non-hydrogen) atoms. The molecule has 0 unspecified atom stereocenters. The fourth-order valence-electron chi connectivity index (χ4n) is 0.985. The summed E-state index contributed by atoms with van der Waals surface area (Å²) >= 11 is 0. The Labute approximate surface area is 82.8 Å². The smallest absolute Gasteiger partial charge is 0.265 e. The van der Waals surface area contributed by atoms with Gasteiger partial charge in [-0.25, -0.2) is 5.01 Å². The lowest BCUT2D eigenvalue weighted by atomic mass is 10.2. The minimum atomic E-state index is -0.140. The van der Waals surface area contributed by atoms with Gasteiger partial charge in [-0.15, -0.1) is 0 Å². The quantitative estimate of drug-likeness (QED) is 0.474. The maximum Gasteiger partial charge on any atom is 0.265 e. The van der Waals surface area contributed by atoms with Crippen molar-refractivity contribution < 1.29 is 4.79 Å². The number of amides is 1. The van der Waals surface area contributed by atoms with Gasteiger partial charge >= 0.3 is 0 Å². The van der Waals surface area contributed by atoms with E-state index < -0.39 is 0 Å². The first-order valence-electron chi connectivity index (χ1n) is 4.18. The molecule has 4 N–H and O–H groups in total. The Bertz CT molecular complexity index is 307. The van der Waals surface area contributed by atoms with Gasteiger partial charge in [0.2, 0.25) is 0 Å². The van der Waals surface area contributed by atoms with Crippen LogP contribution in [-0.2, 0) is 0 Å². The third-order valence-electron chi connectivity index (χ3n) is 1.64. The Morgan fingerprint density at radius 2 is 1.86 bits per heavy atom. The predicted molar refractivity (Wildman–Crippen MR) is 55.4 cm³/mol. The van der Waals surface area contributed by atoms with Crippen molar-refractivity contribution in [3.63, 3.8) is 0 Å². The Morgan fingerprint density at radius 1 is 1.29 bits per heavy atom. The molecule has 5 heteroatoms. The minimum absolute atomic E-state index is 0.140. The summed E-state index contributed by atoms with van der Waals surface area (Å²) in [5.41, 5.74) is 6.50. The van der Waals surface area contributed by atoms with E-state index in [9.17, 15) is 4.79 Å². The van der Waals surface area contributed by atoms with Crippen LogP contribution in [0.5, 0.6) is 0 Å². The molecule has 1 aromatic carbocycles. The van der Waals surface area contributed by atoms with Crippen LogP contribution in [0, 0.1) is 0 Å². The van der Waals surface area contributed by atoms with Gasteiger partial charge in [0.25, 0.3) is 5.91 Å². The zero-order chi connectivity index (χ0) is 10.6. The molecule has 0 aliphatic carbocycles. The second-order valence-corrected chi connectivity index (χ2v) is 3.06. The predicted octanol–water partition coefficient (Wildman–Crippen LogP) is 0.179. The van der Waals surface area contributed by atoms with Crippen molar-refractivity contribution in [3.8, 4) is 0 Å². The number of nitrogen functional groups attached to an aromatic ring is 1. The number of rotatable bonds is 3. The average Bonchev–Trinajstić information content (AvgIpc) is 2.17. The normalized spacial score (nSPS) is 10.0. The number of hydrazine groups is 2. The molecule has 0 atom stereocenters. The van der Waals surface area contributed by atoms with Gasteiger partial charge in [0.05, 0.1) is 0 Å². The van der Waals surface area contributed by atoms with Crippen molar-refractivity contribution in [1.82, 2.24) is 10.4 Å². The molecule has 0 radical (unpaired) electrons. The van der Waals surface area contributed by atoms with E-state index in [1.165, 1.54) is 0 Å². The first-order valence-corrected chi connectivity index (χ1v) is 4.18. The molecular formula is C9H14N4O. The Kier molecular flexibility index (Phi) is 3.44. The molecule has 0 aliphatic rings. The van der Waals surface area contributed by atoms with Gasteiger partial charge in [-0.3, -0.25) is 16.1 Å². The van der Waals surface area contributed by atoms with E-state index in [4.69, 9.17) is 5.84 Å². The van der Waals surface area contributed by atoms with E-state index in [1.807, 2.05) is 0 Å². The maximum atomic E-state index is 11.5. The molecule has 0 bridgehead atoms. The molecule has 0 saturated carbocycles. The highest BCUT2D eigenvalue weighted by atomic mass is 16.2. The lowest BCUT2D eigenvalue weighted by Crippen LogP contribution is -2.36. The molecule has 0 saturated heterocycles. The number of nitrogens with one attached hydrogen (secondary N) is 2. The second kappa shape index (κ2) is 4.59. The van der Waals surface area contributed by atoms with Crippen LogP contribution in [-0.4, -0.2) is 25.0 Å². The summed E-state index contributed by atoms with van der Waals surface area (Å²) in [6, 6.07) is 6.89. The molecule has 76 valence electrons. The fraction of sp³-hybridized carbons (Fsp3) is 0.222. The van der Waals surface area contributed by atoms with Crippen LogP contribution in [0.25, 0.3) is 0 Å². The van der Waals surface area contributed by atoms with E-state index >= 15 is 0 Å². The number of nitrogens with two attached hydrogens (primary N) is 1. The SMILES string of the molecule is CN(C)NC(=O)c1ccc(NN)cc1. The van der Waals surface area contributed by atoms with Gasteiger partial charge in [-0.2, -0.15) is 0 Å². The Morgan fingerprint density at radius 3 is 2.29 bits per heavy atom. The standard InChI is InChI=1S/C9H14N4O/c1-13(2)12-9(14)7-3-5-8(11-10)6-4-7/h3-6,11H,10H2,1-2H3,(H,12,14). The van der Waals surface area contributed by atoms with Crippen molar-refractivity contribution in [3.05, 3.63) is 29.8 Å². The molecule has 0 spiro atoms. The Balaban J connectivity index is 2.71. The van der Waals surface area contributed by atoms with Gasteiger partial charge in [-0.05, 0) is 24.3 Å². The lowest BCUT2D eigenvalue weighted by Gasteiger charge is -2.11. The summed E-state index contributed by atoms with van der Waals surface area (Å²) in [6.07, 6.45) is 0. The van der Waals surface area contributed by atoms with Gasteiger partial charge in [0.15, 0.2) is 0 Å². The number of nitrogens with zero attached hydrogens (tertiary/aromatic N) is 1. The third kappa shape index (κ3) is 2.72. The highest BCUT2D eigenvalue weighted by Gasteiger charge is 2.04. The van der Waals surface area contributed by atoms with E-state index in [2.05, 4.69) is 10.9 Å². The zero-order valence-corrected chi connectivity index (χ0v) is 8.24. The number of carbonyl (C=O) groups excluding carboxylic acids is 1. The molecule has 0 aromatic heterocycles.